The van der Waals surface area contributed by atoms with Gasteiger partial charge in [0.05, 0.1) is 11.0 Å². The molecule has 55 heavy (non-hydrogen) atoms. The summed E-state index contributed by atoms with van der Waals surface area (Å²) < 4.78 is 15.4. The summed E-state index contributed by atoms with van der Waals surface area (Å²) >= 11 is 0. The zero-order valence-corrected chi connectivity index (χ0v) is 29.3. The molecule has 12 rings (SSSR count). The van der Waals surface area contributed by atoms with Gasteiger partial charge >= 0.3 is 0 Å². The molecule has 0 unspecified atom stereocenters. The molecule has 0 fully saturated rings. The maximum Gasteiger partial charge on any atom is 0.166 e. The quantitative estimate of drug-likeness (QED) is 0.182. The number of benzene rings is 8. The van der Waals surface area contributed by atoms with Crippen molar-refractivity contribution in [3.8, 4) is 39.9 Å². The smallest absolute Gasteiger partial charge is 0.166 e. The number of hydrogen-bond acceptors (Lipinski definition) is 5. The molecule has 0 bridgehead atoms. The van der Waals surface area contributed by atoms with Gasteiger partial charge in [-0.3, -0.25) is 0 Å². The minimum atomic E-state index is 0.546. The van der Waals surface area contributed by atoms with Crippen molar-refractivity contribution in [2.24, 2.45) is 0 Å². The highest BCUT2D eigenvalue weighted by Crippen LogP contribution is 2.43. The molecule has 0 aliphatic rings. The number of para-hydroxylation sites is 3. The number of nitrogens with zero attached hydrogens (tertiary/aromatic N) is 4. The summed E-state index contributed by atoms with van der Waals surface area (Å²) in [5.41, 5.74) is 8.87. The molecule has 0 atom stereocenters. The molecule has 0 amide bonds. The van der Waals surface area contributed by atoms with E-state index in [2.05, 4.69) is 102 Å². The fraction of sp³-hybridized carbons (Fsp3) is 0. The largest absolute Gasteiger partial charge is 0.456 e. The monoisotopic (exact) mass is 704 g/mol. The fourth-order valence-corrected chi connectivity index (χ4v) is 8.28. The molecule has 6 heteroatoms. The Kier molecular flexibility index (Phi) is 6.24. The molecule has 0 saturated carbocycles. The Morgan fingerprint density at radius 3 is 1.80 bits per heavy atom. The predicted molar refractivity (Wildman–Crippen MR) is 223 cm³/mol. The summed E-state index contributed by atoms with van der Waals surface area (Å²) in [7, 11) is 0. The van der Waals surface area contributed by atoms with Gasteiger partial charge in [0.2, 0.25) is 0 Å². The van der Waals surface area contributed by atoms with E-state index in [0.717, 1.165) is 93.4 Å². The van der Waals surface area contributed by atoms with E-state index in [-0.39, 0.29) is 0 Å². The number of furan rings is 2. The highest BCUT2D eigenvalue weighted by Gasteiger charge is 2.25. The van der Waals surface area contributed by atoms with Gasteiger partial charge in [-0.05, 0) is 71.4 Å². The van der Waals surface area contributed by atoms with Gasteiger partial charge in [-0.2, -0.15) is 0 Å². The van der Waals surface area contributed by atoms with Gasteiger partial charge in [-0.15, -0.1) is 0 Å². The van der Waals surface area contributed by atoms with Gasteiger partial charge in [-0.25, -0.2) is 15.0 Å². The first-order valence-electron chi connectivity index (χ1n) is 18.4. The van der Waals surface area contributed by atoms with E-state index in [1.807, 2.05) is 72.8 Å². The summed E-state index contributed by atoms with van der Waals surface area (Å²) in [6.45, 7) is 0. The third kappa shape index (κ3) is 4.52. The van der Waals surface area contributed by atoms with Gasteiger partial charge in [-0.1, -0.05) is 109 Å². The standard InChI is InChI=1S/C49H28N4O2/c1-2-12-29(13-3-1)47-50-48(32-22-25-44-39(27-32)35-18-8-10-20-42(35)54-44)52-49(51-47)37-24-23-36-34-17-7-11-21-43(34)55-46(36)45(37)53-40-19-9-6-16-33(40)38-26-30-14-4-5-15-31(30)28-41(38)53/h1-28H. The van der Waals surface area contributed by atoms with Crippen LogP contribution in [0, 0.1) is 0 Å². The molecule has 0 saturated heterocycles. The molecule has 0 N–H and O–H groups in total. The topological polar surface area (TPSA) is 69.9 Å². The van der Waals surface area contributed by atoms with Crippen molar-refractivity contribution in [3.05, 3.63) is 170 Å². The van der Waals surface area contributed by atoms with Crippen molar-refractivity contribution < 1.29 is 8.83 Å². The van der Waals surface area contributed by atoms with Gasteiger partial charge in [0, 0.05) is 49.0 Å². The third-order valence-corrected chi connectivity index (χ3v) is 10.8. The second-order valence-electron chi connectivity index (χ2n) is 14.0. The maximum atomic E-state index is 6.86. The van der Waals surface area contributed by atoms with Crippen LogP contribution in [-0.4, -0.2) is 19.5 Å². The second-order valence-corrected chi connectivity index (χ2v) is 14.0. The summed E-state index contributed by atoms with van der Waals surface area (Å²) in [6, 6.07) is 58.6. The maximum absolute atomic E-state index is 6.86. The Bertz CT molecular complexity index is 3500. The van der Waals surface area contributed by atoms with Gasteiger partial charge in [0.25, 0.3) is 0 Å². The first kappa shape index (κ1) is 29.9. The number of aromatic nitrogens is 4. The van der Waals surface area contributed by atoms with Gasteiger partial charge in [0.15, 0.2) is 23.1 Å². The van der Waals surface area contributed by atoms with E-state index in [9.17, 15) is 0 Å². The summed E-state index contributed by atoms with van der Waals surface area (Å²) in [5.74, 6) is 1.70. The van der Waals surface area contributed by atoms with Crippen molar-refractivity contribution in [2.75, 3.05) is 0 Å². The van der Waals surface area contributed by atoms with Crippen LogP contribution < -0.4 is 0 Å². The lowest BCUT2D eigenvalue weighted by Crippen LogP contribution is -2.04. The SMILES string of the molecule is c1ccc(-c2nc(-c3ccc4oc5ccccc5c4c3)nc(-c3ccc4c(oc5ccccc54)c3-n3c4ccccc4c4cc5ccccc5cc43)n2)cc1. The van der Waals surface area contributed by atoms with Crippen LogP contribution in [0.5, 0.6) is 0 Å². The lowest BCUT2D eigenvalue weighted by molar-refractivity contribution is 0.666. The molecule has 6 nitrogen and oxygen atoms in total. The zero-order valence-electron chi connectivity index (χ0n) is 29.3. The molecule has 256 valence electrons. The van der Waals surface area contributed by atoms with E-state index >= 15 is 0 Å². The summed E-state index contributed by atoms with van der Waals surface area (Å²) in [5, 5.41) is 8.81. The third-order valence-electron chi connectivity index (χ3n) is 10.8. The zero-order chi connectivity index (χ0) is 36.0. The Hall–Kier alpha value is -7.57. The van der Waals surface area contributed by atoms with E-state index in [1.54, 1.807) is 0 Å². The number of hydrogen-bond donors (Lipinski definition) is 0. The van der Waals surface area contributed by atoms with Gasteiger partial charge < -0.3 is 13.4 Å². The normalized spacial score (nSPS) is 12.0. The van der Waals surface area contributed by atoms with Crippen LogP contribution in [-0.2, 0) is 0 Å². The highest BCUT2D eigenvalue weighted by molar-refractivity contribution is 6.17. The molecule has 0 radical (unpaired) electrons. The molecule has 8 aromatic carbocycles. The Morgan fingerprint density at radius 1 is 0.364 bits per heavy atom. The molecular weight excluding hydrogens is 677 g/mol. The van der Waals surface area contributed by atoms with Crippen LogP contribution in [0.4, 0.5) is 0 Å². The van der Waals surface area contributed by atoms with E-state index in [4.69, 9.17) is 23.8 Å². The van der Waals surface area contributed by atoms with E-state index in [0.29, 0.717) is 17.5 Å². The average Bonchev–Trinajstić information content (AvgIpc) is 3.92. The first-order valence-corrected chi connectivity index (χ1v) is 18.4. The fourth-order valence-electron chi connectivity index (χ4n) is 8.28. The van der Waals surface area contributed by atoms with Crippen LogP contribution in [0.3, 0.4) is 0 Å². The Morgan fingerprint density at radius 2 is 0.982 bits per heavy atom. The van der Waals surface area contributed by atoms with Crippen LogP contribution in [0.25, 0.3) is 116 Å². The van der Waals surface area contributed by atoms with Gasteiger partial charge in [0.1, 0.15) is 22.4 Å². The Balaban J connectivity index is 1.20. The lowest BCUT2D eigenvalue weighted by atomic mass is 10.0. The van der Waals surface area contributed by atoms with Crippen LogP contribution in [0.2, 0.25) is 0 Å². The number of fused-ring (bicyclic) bond motifs is 10. The van der Waals surface area contributed by atoms with Crippen molar-refractivity contribution in [1.29, 1.82) is 0 Å². The predicted octanol–water partition coefficient (Wildman–Crippen LogP) is 12.9. The molecule has 4 aromatic heterocycles. The van der Waals surface area contributed by atoms with Crippen molar-refractivity contribution in [1.82, 2.24) is 19.5 Å². The second kappa shape index (κ2) is 11.5. The van der Waals surface area contributed by atoms with E-state index in [1.165, 1.54) is 5.39 Å². The molecule has 0 aliphatic heterocycles. The first-order chi connectivity index (χ1) is 27.2. The molecule has 0 aliphatic carbocycles. The average molecular weight is 705 g/mol. The highest BCUT2D eigenvalue weighted by atomic mass is 16.3. The minimum absolute atomic E-state index is 0.546. The molecule has 4 heterocycles. The van der Waals surface area contributed by atoms with Crippen LogP contribution in [0.15, 0.2) is 179 Å². The van der Waals surface area contributed by atoms with Crippen molar-refractivity contribution >= 4 is 76.5 Å². The summed E-state index contributed by atoms with van der Waals surface area (Å²) in [4.78, 5) is 15.7. The van der Waals surface area contributed by atoms with Crippen molar-refractivity contribution in [3.63, 3.8) is 0 Å². The Labute approximate surface area is 313 Å². The van der Waals surface area contributed by atoms with Crippen LogP contribution in [0.1, 0.15) is 0 Å². The molecule has 12 aromatic rings. The molecular formula is C49H28N4O2. The lowest BCUT2D eigenvalue weighted by Gasteiger charge is -2.15. The van der Waals surface area contributed by atoms with E-state index < -0.39 is 0 Å². The van der Waals surface area contributed by atoms with Crippen molar-refractivity contribution in [2.45, 2.75) is 0 Å². The minimum Gasteiger partial charge on any atom is -0.456 e. The number of rotatable bonds is 4. The summed E-state index contributed by atoms with van der Waals surface area (Å²) in [6.07, 6.45) is 0. The van der Waals surface area contributed by atoms with Crippen LogP contribution >= 0.6 is 0 Å². The molecule has 0 spiro atoms.